The third-order valence-corrected chi connectivity index (χ3v) is 12.0. The second kappa shape index (κ2) is 16.9. The minimum Gasteiger partial charge on any atom is -0.478 e. The number of imide groups is 1. The van der Waals surface area contributed by atoms with Gasteiger partial charge in [-0.25, -0.2) is 4.98 Å². The lowest BCUT2D eigenvalue weighted by atomic mass is 9.92. The van der Waals surface area contributed by atoms with E-state index in [1.165, 1.54) is 7.05 Å². The minimum absolute atomic E-state index is 0.0995. The fourth-order valence-corrected chi connectivity index (χ4v) is 8.65. The van der Waals surface area contributed by atoms with Crippen LogP contribution in [0.1, 0.15) is 57.2 Å². The van der Waals surface area contributed by atoms with E-state index in [1.807, 2.05) is 43.8 Å². The smallest absolute Gasteiger partial charge is 0.293 e. The first-order valence-corrected chi connectivity index (χ1v) is 20.7. The van der Waals surface area contributed by atoms with Gasteiger partial charge in [0, 0.05) is 94.5 Å². The molecule has 5 aromatic rings. The Morgan fingerprint density at radius 1 is 0.966 bits per heavy atom. The lowest BCUT2D eigenvalue weighted by Crippen LogP contribution is -2.49. The molecule has 8 rings (SSSR count). The van der Waals surface area contributed by atoms with Gasteiger partial charge in [0.2, 0.25) is 17.8 Å². The van der Waals surface area contributed by atoms with Gasteiger partial charge >= 0.3 is 0 Å². The van der Waals surface area contributed by atoms with E-state index in [0.717, 1.165) is 97.5 Å². The lowest BCUT2D eigenvalue weighted by Gasteiger charge is -2.39. The molecule has 0 bridgehead atoms. The number of nitrogens with one attached hydrogen (secondary N) is 3. The summed E-state index contributed by atoms with van der Waals surface area (Å²) in [7, 11) is 3.43. The fraction of sp³-hybridized carbons (Fsp3) is 0.452. The zero-order chi connectivity index (χ0) is 41.4. The summed E-state index contributed by atoms with van der Waals surface area (Å²) < 4.78 is 9.12. The third-order valence-electron chi connectivity index (χ3n) is 11.7. The number of hydrogen-bond acceptors (Lipinski definition) is 12. The number of anilines is 4. The van der Waals surface area contributed by atoms with E-state index in [4.69, 9.17) is 26.4 Å². The van der Waals surface area contributed by atoms with Gasteiger partial charge in [-0.05, 0) is 81.5 Å². The average molecular weight is 824 g/mol. The van der Waals surface area contributed by atoms with Crippen molar-refractivity contribution in [2.45, 2.75) is 51.5 Å². The Labute approximate surface area is 346 Å². The molecule has 0 radical (unpaired) electrons. The second-order valence-electron chi connectivity index (χ2n) is 15.9. The van der Waals surface area contributed by atoms with Gasteiger partial charge in [-0.3, -0.25) is 34.1 Å². The molecule has 59 heavy (non-hydrogen) atoms. The first-order valence-electron chi connectivity index (χ1n) is 20.3. The van der Waals surface area contributed by atoms with Crippen molar-refractivity contribution >= 4 is 74.3 Å². The van der Waals surface area contributed by atoms with Crippen LogP contribution in [0, 0.1) is 5.92 Å². The van der Waals surface area contributed by atoms with Gasteiger partial charge in [-0.1, -0.05) is 11.6 Å². The van der Waals surface area contributed by atoms with Gasteiger partial charge in [-0.15, -0.1) is 0 Å². The van der Waals surface area contributed by atoms with E-state index < -0.39 is 5.92 Å². The maximum atomic E-state index is 13.2. The van der Waals surface area contributed by atoms with E-state index >= 15 is 0 Å². The van der Waals surface area contributed by atoms with Crippen LogP contribution in [0.2, 0.25) is 5.02 Å². The summed E-state index contributed by atoms with van der Waals surface area (Å²) in [4.78, 5) is 65.9. The zero-order valence-electron chi connectivity index (χ0n) is 33.8. The molecule has 310 valence electrons. The summed E-state index contributed by atoms with van der Waals surface area (Å²) in [5, 5.41) is 15.1. The van der Waals surface area contributed by atoms with Crippen molar-refractivity contribution in [2.75, 3.05) is 74.6 Å². The van der Waals surface area contributed by atoms with Crippen molar-refractivity contribution in [3.63, 3.8) is 0 Å². The number of carbonyl (C=O) groups excluding carboxylic acids is 3. The number of nitrogens with zero attached hydrogens (tertiary/aromatic N) is 8. The molecule has 3 N–H and O–H groups in total. The number of fused-ring (bicyclic) bond motifs is 2. The summed E-state index contributed by atoms with van der Waals surface area (Å²) in [6, 6.07) is 13.6. The number of aromatic nitrogens is 5. The highest BCUT2D eigenvalue weighted by molar-refractivity contribution is 6.33. The van der Waals surface area contributed by atoms with Crippen molar-refractivity contribution in [1.82, 2.24) is 39.8 Å². The van der Waals surface area contributed by atoms with Crippen molar-refractivity contribution in [3.8, 4) is 5.75 Å². The number of pyridine rings is 1. The molecule has 1 atom stereocenters. The van der Waals surface area contributed by atoms with Gasteiger partial charge in [0.05, 0.1) is 28.8 Å². The van der Waals surface area contributed by atoms with Gasteiger partial charge in [0.15, 0.2) is 18.2 Å². The first-order chi connectivity index (χ1) is 28.4. The number of ether oxygens (including phenoxy) is 1. The predicted molar refractivity (Wildman–Crippen MR) is 228 cm³/mol. The van der Waals surface area contributed by atoms with E-state index in [0.29, 0.717) is 35.5 Å². The number of rotatable bonds is 11. The number of halogens is 1. The van der Waals surface area contributed by atoms with Crippen LogP contribution < -0.4 is 36.0 Å². The molecule has 3 aliphatic rings. The van der Waals surface area contributed by atoms with Crippen molar-refractivity contribution in [1.29, 1.82) is 0 Å². The number of benzene rings is 2. The first kappa shape index (κ1) is 40.1. The molecule has 0 saturated carbocycles. The summed E-state index contributed by atoms with van der Waals surface area (Å²) in [6.07, 6.45) is 4.65. The topological polar surface area (TPSA) is 172 Å². The molecule has 3 saturated heterocycles. The SMILES string of the molecule is CNC(=O)COc1cc2cc(Nc3nc(N4CCN(CC5CCN(c6ccc7c(C8CCC(=O)NC8=O)nn(C)c7c6)CC5)CC4)ncc3Cl)ccc2n(C(C)C)c1=O. The molecular formula is C42H50ClN11O5. The second-order valence-corrected chi connectivity index (χ2v) is 16.3. The van der Waals surface area contributed by atoms with Crippen LogP contribution in [0.25, 0.3) is 21.8 Å². The summed E-state index contributed by atoms with van der Waals surface area (Å²) in [6.45, 7) is 10.0. The number of hydrogen-bond donors (Lipinski definition) is 3. The summed E-state index contributed by atoms with van der Waals surface area (Å²) >= 11 is 6.61. The van der Waals surface area contributed by atoms with Crippen LogP contribution in [-0.4, -0.2) is 106 Å². The molecule has 2 aromatic carbocycles. The van der Waals surface area contributed by atoms with Crippen molar-refractivity contribution in [2.24, 2.45) is 13.0 Å². The molecule has 1 unspecified atom stereocenters. The molecule has 0 aliphatic carbocycles. The number of amides is 3. The fourth-order valence-electron chi connectivity index (χ4n) is 8.52. The Balaban J connectivity index is 0.862. The molecule has 16 nitrogen and oxygen atoms in total. The number of piperidine rings is 2. The molecule has 17 heteroatoms. The predicted octanol–water partition coefficient (Wildman–Crippen LogP) is 4.34. The Hall–Kier alpha value is -5.74. The van der Waals surface area contributed by atoms with Gasteiger partial charge < -0.3 is 29.7 Å². The van der Waals surface area contributed by atoms with Crippen molar-refractivity contribution in [3.05, 3.63) is 69.7 Å². The third kappa shape index (κ3) is 8.41. The van der Waals surface area contributed by atoms with Crippen LogP contribution >= 0.6 is 11.6 Å². The number of aryl methyl sites for hydroxylation is 1. The molecule has 3 aliphatic heterocycles. The number of carbonyl (C=O) groups is 3. The molecule has 3 aromatic heterocycles. The maximum Gasteiger partial charge on any atom is 0.293 e. The monoisotopic (exact) mass is 823 g/mol. The highest BCUT2D eigenvalue weighted by Crippen LogP contribution is 2.34. The Morgan fingerprint density at radius 3 is 2.47 bits per heavy atom. The van der Waals surface area contributed by atoms with Gasteiger partial charge in [-0.2, -0.15) is 10.1 Å². The van der Waals surface area contributed by atoms with Crippen LogP contribution in [0.5, 0.6) is 5.75 Å². The highest BCUT2D eigenvalue weighted by atomic mass is 35.5. The molecular weight excluding hydrogens is 774 g/mol. The lowest BCUT2D eigenvalue weighted by molar-refractivity contribution is -0.134. The van der Waals surface area contributed by atoms with E-state index in [1.54, 1.807) is 16.8 Å². The normalized spacial score (nSPS) is 18.2. The van der Waals surface area contributed by atoms with Crippen molar-refractivity contribution < 1.29 is 19.1 Å². The summed E-state index contributed by atoms with van der Waals surface area (Å²) in [5.41, 5.74) is 4.06. The highest BCUT2D eigenvalue weighted by Gasteiger charge is 2.32. The molecule has 3 fully saturated rings. The van der Waals surface area contributed by atoms with Crippen LogP contribution in [0.3, 0.4) is 0 Å². The average Bonchev–Trinajstić information content (AvgIpc) is 3.56. The standard InChI is InChI=1S/C42H50ClN11O5/c1-25(2)54-33-9-5-28(19-27(33)20-35(41(54)58)59-24-37(56)44-3)46-39-32(43)22-45-42(48-39)53-17-15-51(16-18-53)23-26-11-13-52(14-12-26)29-6-7-30-34(21-29)50(4)49-38(30)31-8-10-36(55)47-40(31)57/h5-7,9,19-22,25-26,31H,8,10-18,23-24H2,1-4H3,(H,44,56)(H,45,46,48)(H,47,55,57). The van der Waals surface area contributed by atoms with Crippen LogP contribution in [0.4, 0.5) is 23.1 Å². The van der Waals surface area contributed by atoms with E-state index in [2.05, 4.69) is 53.8 Å². The molecule has 3 amide bonds. The van der Waals surface area contributed by atoms with Gasteiger partial charge in [0.1, 0.15) is 5.02 Å². The number of likely N-dealkylation sites (N-methyl/N-ethyl adjacent to an activating group) is 1. The maximum absolute atomic E-state index is 13.2. The quantitative estimate of drug-likeness (QED) is 0.161. The van der Waals surface area contributed by atoms with E-state index in [9.17, 15) is 19.2 Å². The Kier molecular flexibility index (Phi) is 11.4. The minimum atomic E-state index is -0.413. The Bertz CT molecular complexity index is 2470. The van der Waals surface area contributed by atoms with Crippen LogP contribution in [-0.2, 0) is 21.4 Å². The van der Waals surface area contributed by atoms with Gasteiger partial charge in [0.25, 0.3) is 11.5 Å². The summed E-state index contributed by atoms with van der Waals surface area (Å²) in [5.74, 6) is 0.572. The molecule has 6 heterocycles. The van der Waals surface area contributed by atoms with E-state index in [-0.39, 0.29) is 41.7 Å². The largest absolute Gasteiger partial charge is 0.478 e. The Morgan fingerprint density at radius 2 is 1.75 bits per heavy atom. The molecule has 0 spiro atoms. The number of piperazine rings is 1. The van der Waals surface area contributed by atoms with Crippen LogP contribution in [0.15, 0.2) is 53.5 Å². The zero-order valence-corrected chi connectivity index (χ0v) is 34.6.